The van der Waals surface area contributed by atoms with Crippen LogP contribution in [0, 0.1) is 17.2 Å². The predicted octanol–water partition coefficient (Wildman–Crippen LogP) is 1.72. The predicted molar refractivity (Wildman–Crippen MR) is 84.1 cm³/mol. The van der Waals surface area contributed by atoms with E-state index in [2.05, 4.69) is 16.6 Å². The molecule has 5 heteroatoms. The second-order valence-electron chi connectivity index (χ2n) is 5.43. The van der Waals surface area contributed by atoms with Gasteiger partial charge in [-0.25, -0.2) is 0 Å². The molecule has 1 aliphatic heterocycles. The Balaban J connectivity index is 2.24. The van der Waals surface area contributed by atoms with Crippen LogP contribution in [0.1, 0.15) is 11.1 Å². The van der Waals surface area contributed by atoms with E-state index in [9.17, 15) is 10.1 Å². The van der Waals surface area contributed by atoms with Crippen molar-refractivity contribution in [3.8, 4) is 6.07 Å². The third-order valence-electron chi connectivity index (χ3n) is 4.16. The van der Waals surface area contributed by atoms with E-state index < -0.39 is 8.58 Å². The maximum absolute atomic E-state index is 12.2. The van der Waals surface area contributed by atoms with Gasteiger partial charge in [0.2, 0.25) is 0 Å². The first-order chi connectivity index (χ1) is 10.7. The second-order valence-corrected chi connectivity index (χ2v) is 7.01. The van der Waals surface area contributed by atoms with Crippen LogP contribution in [0.15, 0.2) is 65.8 Å². The summed E-state index contributed by atoms with van der Waals surface area (Å²) in [6.45, 7) is 0. The maximum atomic E-state index is 12.2. The molecule has 22 heavy (non-hydrogen) atoms. The summed E-state index contributed by atoms with van der Waals surface area (Å²) < 4.78 is -0.653. The van der Waals surface area contributed by atoms with Gasteiger partial charge in [-0.15, -0.1) is 0 Å². The summed E-state index contributed by atoms with van der Waals surface area (Å²) in [5.41, 5.74) is 5.16. The van der Waals surface area contributed by atoms with Gasteiger partial charge in [-0.1, -0.05) is 0 Å². The fourth-order valence-corrected chi connectivity index (χ4v) is 4.05. The summed E-state index contributed by atoms with van der Waals surface area (Å²) in [5, 5.41) is 13.9. The molecular formula is C17H12N3NaO. The van der Waals surface area contributed by atoms with Gasteiger partial charge in [0.1, 0.15) is 0 Å². The van der Waals surface area contributed by atoms with E-state index in [1.54, 1.807) is 0 Å². The number of amides is 1. The normalized spacial score (nSPS) is 24.1. The van der Waals surface area contributed by atoms with Crippen LogP contribution in [0.25, 0.3) is 0 Å². The minimum atomic E-state index is -0.769. The number of rotatable bonds is 2. The van der Waals surface area contributed by atoms with Gasteiger partial charge in [0.15, 0.2) is 0 Å². The van der Waals surface area contributed by atoms with E-state index in [-0.39, 0.29) is 5.91 Å². The molecule has 3 rings (SSSR count). The molecule has 0 aromatic heterocycles. The Hall–Kier alpha value is -1.93. The van der Waals surface area contributed by atoms with Crippen LogP contribution in [0.3, 0.4) is 0 Å². The summed E-state index contributed by atoms with van der Waals surface area (Å²) in [6, 6.07) is 21.6. The van der Waals surface area contributed by atoms with Crippen LogP contribution in [0.4, 0.5) is 0 Å². The Morgan fingerprint density at radius 3 is 2.27 bits per heavy atom. The Morgan fingerprint density at radius 1 is 1.09 bits per heavy atom. The van der Waals surface area contributed by atoms with Gasteiger partial charge < -0.3 is 0 Å². The molecule has 0 spiro atoms. The molecule has 2 atom stereocenters. The van der Waals surface area contributed by atoms with Gasteiger partial charge in [0, 0.05) is 0 Å². The molecule has 0 radical (unpaired) electrons. The van der Waals surface area contributed by atoms with Crippen molar-refractivity contribution >= 4 is 39.5 Å². The zero-order valence-electron chi connectivity index (χ0n) is 12.2. The molecule has 102 valence electrons. The summed E-state index contributed by atoms with van der Waals surface area (Å²) in [6.07, 6.45) is 0. The van der Waals surface area contributed by atoms with E-state index in [0.717, 1.165) is 16.8 Å². The van der Waals surface area contributed by atoms with Crippen molar-refractivity contribution in [3.05, 3.63) is 71.8 Å². The van der Waals surface area contributed by atoms with Gasteiger partial charge in [0.25, 0.3) is 0 Å². The van der Waals surface area contributed by atoms with E-state index in [1.165, 1.54) is 0 Å². The number of nitrogens with one attached hydrogen (secondary N) is 1. The first-order valence-corrected chi connectivity index (χ1v) is 8.06. The number of benzene rings is 2. The molecule has 1 amide bonds. The van der Waals surface area contributed by atoms with E-state index in [0.29, 0.717) is 27.9 Å². The van der Waals surface area contributed by atoms with Crippen LogP contribution in [-0.2, 0) is 7.46 Å². The number of nitrogens with zero attached hydrogens (tertiary/aromatic N) is 2. The number of hydrazone groups is 1. The second kappa shape index (κ2) is 6.05. The number of hydrogen-bond acceptors (Lipinski definition) is 3. The first kappa shape index (κ1) is 15.0. The van der Waals surface area contributed by atoms with Crippen molar-refractivity contribution < 1.29 is 4.79 Å². The van der Waals surface area contributed by atoms with Gasteiger partial charge in [-0.2, -0.15) is 0 Å². The van der Waals surface area contributed by atoms with Gasteiger partial charge in [0.05, 0.1) is 0 Å². The number of carbonyl (C=O) groups excluding carboxylic acids is 1. The Bertz CT molecular complexity index is 767. The fraction of sp³-hybridized carbons (Fsp3) is 0.118. The molecule has 0 saturated heterocycles. The number of carbonyl (C=O) groups is 1. The molecule has 2 aromatic carbocycles. The quantitative estimate of drug-likeness (QED) is 0.858. The fourth-order valence-electron chi connectivity index (χ4n) is 2.93. The van der Waals surface area contributed by atoms with Crippen molar-refractivity contribution in [1.29, 1.82) is 5.26 Å². The van der Waals surface area contributed by atoms with Crippen molar-refractivity contribution in [2.75, 3.05) is 0 Å². The average Bonchev–Trinajstić information content (AvgIpc) is 2.57. The zero-order valence-corrected chi connectivity index (χ0v) is 14.2. The standard InChI is InChI=1S/C17H12N3O.Na/c18-11-14-15(12-7-3-1-4-8-12)16(19-20-17(14)21)13-9-5-2-6-10-13;/h1-10,14H,(H,20,21);. The number of nitriles is 1. The molecule has 4 nitrogen and oxygen atoms in total. The molecule has 0 aliphatic carbocycles. The average molecular weight is 297 g/mol. The van der Waals surface area contributed by atoms with E-state index >= 15 is 0 Å². The molecule has 2 unspecified atom stereocenters. The van der Waals surface area contributed by atoms with Crippen molar-refractivity contribution in [2.45, 2.75) is 2.66 Å². The third-order valence-corrected chi connectivity index (χ3v) is 5.79. The van der Waals surface area contributed by atoms with E-state index in [1.807, 2.05) is 60.7 Å². The van der Waals surface area contributed by atoms with Crippen LogP contribution in [0.5, 0.6) is 0 Å². The van der Waals surface area contributed by atoms with Crippen LogP contribution in [-0.4, -0.2) is 39.5 Å². The first-order valence-electron chi connectivity index (χ1n) is 7.06. The van der Waals surface area contributed by atoms with E-state index in [4.69, 9.17) is 0 Å². The monoisotopic (exact) mass is 297 g/mol. The Labute approximate surface area is 146 Å². The van der Waals surface area contributed by atoms with Crippen molar-refractivity contribution in [2.24, 2.45) is 11.0 Å². The van der Waals surface area contributed by atoms with Crippen LogP contribution in [0.2, 0.25) is 0 Å². The summed E-state index contributed by atoms with van der Waals surface area (Å²) in [7, 11) is 0. The molecule has 0 fully saturated rings. The summed E-state index contributed by atoms with van der Waals surface area (Å²) in [5.74, 6) is -1.10. The minimum absolute atomic E-state index is 0.332. The Kier molecular flexibility index (Phi) is 4.12. The molecule has 1 aliphatic rings. The molecule has 0 bridgehead atoms. The molecule has 1 N–H and O–H groups in total. The van der Waals surface area contributed by atoms with Crippen LogP contribution < -0.4 is 5.43 Å². The molecule has 1 heterocycles. The zero-order chi connectivity index (χ0) is 15.6. The molecule has 0 saturated carbocycles. The summed E-state index contributed by atoms with van der Waals surface area (Å²) >= 11 is 0.602. The van der Waals surface area contributed by atoms with Gasteiger partial charge in [-0.3, -0.25) is 0 Å². The number of hydrogen-bond donors (Lipinski definition) is 1. The van der Waals surface area contributed by atoms with Gasteiger partial charge in [-0.05, 0) is 0 Å². The topological polar surface area (TPSA) is 65.2 Å². The molecular weight excluding hydrogens is 285 g/mol. The van der Waals surface area contributed by atoms with Crippen molar-refractivity contribution in [1.82, 2.24) is 5.43 Å². The van der Waals surface area contributed by atoms with Gasteiger partial charge >= 0.3 is 147 Å². The molecule has 2 aromatic rings. The van der Waals surface area contributed by atoms with Crippen LogP contribution >= 0.6 is 0 Å². The Morgan fingerprint density at radius 2 is 1.68 bits per heavy atom. The summed E-state index contributed by atoms with van der Waals surface area (Å²) in [4.78, 5) is 12.2. The van der Waals surface area contributed by atoms with Crippen molar-refractivity contribution in [3.63, 3.8) is 0 Å². The SMILES string of the molecule is N#CC1C(=O)NN=C(c2ccccc2)[C]1([Na])c1ccccc1. The third kappa shape index (κ3) is 2.38.